The van der Waals surface area contributed by atoms with Crippen LogP contribution in [0.15, 0.2) is 42.5 Å². The summed E-state index contributed by atoms with van der Waals surface area (Å²) >= 11 is 0. The summed E-state index contributed by atoms with van der Waals surface area (Å²) in [5.41, 5.74) is 2.79. The van der Waals surface area contributed by atoms with E-state index >= 15 is 0 Å². The Morgan fingerprint density at radius 3 is 2.48 bits per heavy atom. The smallest absolute Gasteiger partial charge is 0.226 e. The Hall–Kier alpha value is -2.69. The first-order valence-corrected chi connectivity index (χ1v) is 8.43. The number of amides is 1. The average molecular weight is 342 g/mol. The molecule has 0 spiro atoms. The molecule has 0 saturated carbocycles. The number of anilines is 2. The van der Waals surface area contributed by atoms with Crippen molar-refractivity contribution in [1.82, 2.24) is 0 Å². The van der Waals surface area contributed by atoms with Gasteiger partial charge in [0.2, 0.25) is 5.91 Å². The molecule has 0 fully saturated rings. The standard InChI is InChI=1S/C20H26N2O3/c1-14(2)25-17-8-6-16(7-9-17)22-20(23)11-12-21-18-13-15(3)5-10-19(18)24-4/h5-10,13-14,21H,11-12H2,1-4H3,(H,22,23). The molecular weight excluding hydrogens is 316 g/mol. The number of methoxy groups -OCH3 is 1. The molecule has 0 saturated heterocycles. The van der Waals surface area contributed by atoms with Crippen molar-refractivity contribution in [3.8, 4) is 11.5 Å². The number of nitrogens with one attached hydrogen (secondary N) is 2. The Labute approximate surface area is 149 Å². The minimum Gasteiger partial charge on any atom is -0.495 e. The highest BCUT2D eigenvalue weighted by Gasteiger charge is 2.06. The van der Waals surface area contributed by atoms with Crippen LogP contribution in [-0.4, -0.2) is 25.7 Å². The third-order valence-corrected chi connectivity index (χ3v) is 3.53. The SMILES string of the molecule is COc1ccc(C)cc1NCCC(=O)Nc1ccc(OC(C)C)cc1. The molecular formula is C20H26N2O3. The third kappa shape index (κ3) is 6.03. The summed E-state index contributed by atoms with van der Waals surface area (Å²) in [5, 5.41) is 6.13. The van der Waals surface area contributed by atoms with Gasteiger partial charge in [0, 0.05) is 18.7 Å². The number of hydrogen-bond acceptors (Lipinski definition) is 4. The lowest BCUT2D eigenvalue weighted by atomic mass is 10.2. The second-order valence-electron chi connectivity index (χ2n) is 6.12. The molecule has 0 aromatic heterocycles. The number of rotatable bonds is 8. The molecule has 0 unspecified atom stereocenters. The van der Waals surface area contributed by atoms with Crippen molar-refractivity contribution in [3.05, 3.63) is 48.0 Å². The number of ether oxygens (including phenoxy) is 2. The van der Waals surface area contributed by atoms with Crippen LogP contribution in [0.4, 0.5) is 11.4 Å². The maximum absolute atomic E-state index is 12.1. The van der Waals surface area contributed by atoms with Gasteiger partial charge < -0.3 is 20.1 Å². The molecule has 2 N–H and O–H groups in total. The Morgan fingerprint density at radius 2 is 1.84 bits per heavy atom. The van der Waals surface area contributed by atoms with E-state index in [1.165, 1.54) is 0 Å². The molecule has 25 heavy (non-hydrogen) atoms. The molecule has 5 nitrogen and oxygen atoms in total. The highest BCUT2D eigenvalue weighted by Crippen LogP contribution is 2.25. The van der Waals surface area contributed by atoms with Gasteiger partial charge in [0.1, 0.15) is 11.5 Å². The number of benzene rings is 2. The molecule has 0 aliphatic heterocycles. The summed E-state index contributed by atoms with van der Waals surface area (Å²) in [6.45, 7) is 6.50. The molecule has 0 heterocycles. The van der Waals surface area contributed by atoms with Crippen molar-refractivity contribution in [3.63, 3.8) is 0 Å². The monoisotopic (exact) mass is 342 g/mol. The zero-order valence-electron chi connectivity index (χ0n) is 15.3. The Balaban J connectivity index is 1.82. The van der Waals surface area contributed by atoms with Crippen LogP contribution in [0.25, 0.3) is 0 Å². The summed E-state index contributed by atoms with van der Waals surface area (Å²) in [4.78, 5) is 12.1. The molecule has 2 rings (SSSR count). The molecule has 5 heteroatoms. The molecule has 1 amide bonds. The lowest BCUT2D eigenvalue weighted by Crippen LogP contribution is -2.16. The predicted octanol–water partition coefficient (Wildman–Crippen LogP) is 4.23. The number of aryl methyl sites for hydroxylation is 1. The van der Waals surface area contributed by atoms with Crippen LogP contribution in [0.1, 0.15) is 25.8 Å². The molecule has 0 bridgehead atoms. The zero-order valence-corrected chi connectivity index (χ0v) is 15.3. The summed E-state index contributed by atoms with van der Waals surface area (Å²) in [5.74, 6) is 1.52. The third-order valence-electron chi connectivity index (χ3n) is 3.53. The Bertz CT molecular complexity index is 697. The molecule has 134 valence electrons. The fourth-order valence-corrected chi connectivity index (χ4v) is 2.38. The molecule has 0 aliphatic rings. The average Bonchev–Trinajstić information content (AvgIpc) is 2.56. The van der Waals surface area contributed by atoms with Gasteiger partial charge in [-0.3, -0.25) is 4.79 Å². The normalized spacial score (nSPS) is 10.4. The van der Waals surface area contributed by atoms with E-state index in [0.29, 0.717) is 13.0 Å². The van der Waals surface area contributed by atoms with Crippen LogP contribution in [0.5, 0.6) is 11.5 Å². The van der Waals surface area contributed by atoms with Crippen molar-refractivity contribution in [1.29, 1.82) is 0 Å². The Kier molecular flexibility index (Phi) is 6.69. The maximum atomic E-state index is 12.1. The van der Waals surface area contributed by atoms with Crippen LogP contribution in [0, 0.1) is 6.92 Å². The number of hydrogen-bond donors (Lipinski definition) is 2. The summed E-state index contributed by atoms with van der Waals surface area (Å²) in [7, 11) is 1.63. The van der Waals surface area contributed by atoms with Gasteiger partial charge in [0.25, 0.3) is 0 Å². The van der Waals surface area contributed by atoms with Crippen molar-refractivity contribution in [2.24, 2.45) is 0 Å². The lowest BCUT2D eigenvalue weighted by Gasteiger charge is -2.12. The van der Waals surface area contributed by atoms with E-state index in [9.17, 15) is 4.79 Å². The first kappa shape index (κ1) is 18.6. The highest BCUT2D eigenvalue weighted by atomic mass is 16.5. The van der Waals surface area contributed by atoms with Gasteiger partial charge in [0.05, 0.1) is 18.9 Å². The number of carbonyl (C=O) groups excluding carboxylic acids is 1. The van der Waals surface area contributed by atoms with Gasteiger partial charge in [-0.1, -0.05) is 6.07 Å². The van der Waals surface area contributed by atoms with Crippen LogP contribution in [-0.2, 0) is 4.79 Å². The van der Waals surface area contributed by atoms with Crippen LogP contribution in [0.3, 0.4) is 0 Å². The summed E-state index contributed by atoms with van der Waals surface area (Å²) in [6.07, 6.45) is 0.492. The molecule has 0 atom stereocenters. The molecule has 2 aromatic carbocycles. The first-order valence-electron chi connectivity index (χ1n) is 8.43. The second-order valence-corrected chi connectivity index (χ2v) is 6.12. The van der Waals surface area contributed by atoms with Gasteiger partial charge >= 0.3 is 0 Å². The summed E-state index contributed by atoms with van der Waals surface area (Å²) in [6, 6.07) is 13.3. The van der Waals surface area contributed by atoms with E-state index in [2.05, 4.69) is 10.6 Å². The molecule has 2 aromatic rings. The summed E-state index contributed by atoms with van der Waals surface area (Å²) < 4.78 is 10.9. The van der Waals surface area contributed by atoms with E-state index in [-0.39, 0.29) is 12.0 Å². The van der Waals surface area contributed by atoms with Crippen molar-refractivity contribution < 1.29 is 14.3 Å². The van der Waals surface area contributed by atoms with Crippen molar-refractivity contribution in [2.45, 2.75) is 33.3 Å². The van der Waals surface area contributed by atoms with E-state index in [1.54, 1.807) is 7.11 Å². The van der Waals surface area contributed by atoms with Gasteiger partial charge in [0.15, 0.2) is 0 Å². The Morgan fingerprint density at radius 1 is 1.12 bits per heavy atom. The zero-order chi connectivity index (χ0) is 18.2. The minimum absolute atomic E-state index is 0.0448. The van der Waals surface area contributed by atoms with Gasteiger partial charge in [-0.15, -0.1) is 0 Å². The molecule has 0 radical (unpaired) electrons. The van der Waals surface area contributed by atoms with Crippen molar-refractivity contribution >= 4 is 17.3 Å². The van der Waals surface area contributed by atoms with E-state index in [4.69, 9.17) is 9.47 Å². The van der Waals surface area contributed by atoms with Gasteiger partial charge in [-0.2, -0.15) is 0 Å². The van der Waals surface area contributed by atoms with Crippen LogP contribution in [0.2, 0.25) is 0 Å². The molecule has 0 aliphatic carbocycles. The quantitative estimate of drug-likeness (QED) is 0.754. The largest absolute Gasteiger partial charge is 0.495 e. The fourth-order valence-electron chi connectivity index (χ4n) is 2.38. The van der Waals surface area contributed by atoms with Crippen molar-refractivity contribution in [2.75, 3.05) is 24.3 Å². The van der Waals surface area contributed by atoms with E-state index < -0.39 is 0 Å². The van der Waals surface area contributed by atoms with Crippen LogP contribution < -0.4 is 20.1 Å². The minimum atomic E-state index is -0.0448. The van der Waals surface area contributed by atoms with E-state index in [1.807, 2.05) is 63.2 Å². The number of carbonyl (C=O) groups is 1. The second kappa shape index (κ2) is 8.97. The lowest BCUT2D eigenvalue weighted by molar-refractivity contribution is -0.115. The maximum Gasteiger partial charge on any atom is 0.226 e. The fraction of sp³-hybridized carbons (Fsp3) is 0.350. The predicted molar refractivity (Wildman–Crippen MR) is 102 cm³/mol. The van der Waals surface area contributed by atoms with Gasteiger partial charge in [-0.25, -0.2) is 0 Å². The highest BCUT2D eigenvalue weighted by molar-refractivity contribution is 5.91. The topological polar surface area (TPSA) is 59.6 Å². The first-order chi connectivity index (χ1) is 12.0. The van der Waals surface area contributed by atoms with Gasteiger partial charge in [-0.05, 0) is 62.7 Å². The van der Waals surface area contributed by atoms with Crippen LogP contribution >= 0.6 is 0 Å². The van der Waals surface area contributed by atoms with E-state index in [0.717, 1.165) is 28.4 Å².